The van der Waals surface area contributed by atoms with Crippen LogP contribution in [0.2, 0.25) is 0 Å². The van der Waals surface area contributed by atoms with E-state index in [-0.39, 0.29) is 80.4 Å². The third kappa shape index (κ3) is 14.9. The monoisotopic (exact) mass is 986 g/mol. The standard InChI is InChI=1S/C50H75N9O7.2ClH/c1-29(51-9)43(61)57-41(49(3,4)5)47(65)56-38(45(63)54-36-23-15-19-31-17-11-13-21-34(31)36)25-26-40(60)53-33-27-39(46(64)55-37-24-16-20-32-18-12-14-22-35(32)37)59(28-33)48(66)42(50(6,7)8)58-44(62)30(2)52-10;;/h11-14,17-18,21-22,29-30,33,36-39,41-42,51-52H,15-16,19-20,23-28H2,1-10H3,(H,53,60)(H,54,63)(H,55,64)(H,56,65)(H,57,61)(H,58,62);2*1H/t29-,30+,33+,36+,37-,38-,39+,41+,42-;;/m1../s1. The first-order valence-electron chi connectivity index (χ1n) is 23.7. The molecule has 9 atom stereocenters. The number of fused-ring (bicyclic) bond motifs is 2. The summed E-state index contributed by atoms with van der Waals surface area (Å²) >= 11 is 0. The number of aryl methyl sites for hydroxylation is 2. The number of hydrogen-bond acceptors (Lipinski definition) is 9. The van der Waals surface area contributed by atoms with Gasteiger partial charge in [0.1, 0.15) is 24.2 Å². The van der Waals surface area contributed by atoms with E-state index in [1.807, 2.05) is 84.0 Å². The Morgan fingerprint density at radius 2 is 1.12 bits per heavy atom. The van der Waals surface area contributed by atoms with Gasteiger partial charge in [0.2, 0.25) is 41.4 Å². The number of likely N-dealkylation sites (N-methyl/N-ethyl adjacent to an activating group) is 2. The van der Waals surface area contributed by atoms with Gasteiger partial charge in [0.05, 0.1) is 24.2 Å². The van der Waals surface area contributed by atoms with Gasteiger partial charge in [-0.25, -0.2) is 0 Å². The lowest BCUT2D eigenvalue weighted by Gasteiger charge is -2.36. The van der Waals surface area contributed by atoms with Crippen molar-refractivity contribution in [2.75, 3.05) is 20.6 Å². The minimum absolute atomic E-state index is 0. The summed E-state index contributed by atoms with van der Waals surface area (Å²) in [7, 11) is 3.30. The second-order valence-electron chi connectivity index (χ2n) is 20.5. The van der Waals surface area contributed by atoms with Gasteiger partial charge in [-0.15, -0.1) is 24.8 Å². The molecule has 0 saturated carbocycles. The molecule has 1 heterocycles. The van der Waals surface area contributed by atoms with E-state index in [0.717, 1.165) is 48.8 Å². The van der Waals surface area contributed by atoms with Crippen molar-refractivity contribution in [2.45, 2.75) is 168 Å². The van der Waals surface area contributed by atoms with Crippen LogP contribution in [-0.4, -0.2) is 109 Å². The SMILES string of the molecule is CN[C@@H](C)C(=O)N[C@H](C(=O)N1C[C@@H](NC(=O)CC[C@@H](NC(=O)[C@H](NC(=O)[C@@H](C)NC)C(C)(C)C)C(=O)N[C@H]2CCCc3ccccc32)C[C@H]1C(=O)N[C@@H]1CCCc2ccccc21)C(C)(C)C.Cl.Cl. The van der Waals surface area contributed by atoms with Crippen molar-refractivity contribution < 1.29 is 33.6 Å². The maximum atomic E-state index is 14.6. The molecule has 1 saturated heterocycles. The van der Waals surface area contributed by atoms with Crippen molar-refractivity contribution in [3.05, 3.63) is 70.8 Å². The fourth-order valence-electron chi connectivity index (χ4n) is 9.17. The lowest BCUT2D eigenvalue weighted by molar-refractivity contribution is -0.144. The molecule has 8 N–H and O–H groups in total. The Balaban J connectivity index is 0.00000612. The van der Waals surface area contributed by atoms with Crippen LogP contribution in [0.5, 0.6) is 0 Å². The van der Waals surface area contributed by atoms with Crippen molar-refractivity contribution in [3.63, 3.8) is 0 Å². The van der Waals surface area contributed by atoms with Gasteiger partial charge in [-0.05, 0) is 112 Å². The fraction of sp³-hybridized carbons (Fsp3) is 0.620. The summed E-state index contributed by atoms with van der Waals surface area (Å²) in [6.45, 7) is 14.4. The Morgan fingerprint density at radius 1 is 0.632 bits per heavy atom. The number of nitrogens with one attached hydrogen (secondary N) is 8. The van der Waals surface area contributed by atoms with E-state index in [1.165, 1.54) is 10.5 Å². The molecule has 18 heteroatoms. The average molecular weight is 987 g/mol. The Bertz CT molecular complexity index is 2090. The summed E-state index contributed by atoms with van der Waals surface area (Å²) in [5.41, 5.74) is 2.90. The molecule has 0 radical (unpaired) electrons. The van der Waals surface area contributed by atoms with Crippen LogP contribution in [-0.2, 0) is 46.4 Å². The van der Waals surface area contributed by atoms with Crippen LogP contribution in [0.25, 0.3) is 0 Å². The van der Waals surface area contributed by atoms with E-state index in [2.05, 4.69) is 48.6 Å². The summed E-state index contributed by atoms with van der Waals surface area (Å²) in [4.78, 5) is 99.0. The lowest BCUT2D eigenvalue weighted by atomic mass is 9.85. The maximum Gasteiger partial charge on any atom is 0.246 e. The molecular formula is C50H77Cl2N9O7. The second kappa shape index (κ2) is 25.2. The third-order valence-electron chi connectivity index (χ3n) is 13.4. The van der Waals surface area contributed by atoms with E-state index in [1.54, 1.807) is 27.9 Å². The molecule has 5 rings (SSSR count). The number of amides is 7. The van der Waals surface area contributed by atoms with Crippen molar-refractivity contribution >= 4 is 66.2 Å². The van der Waals surface area contributed by atoms with Crippen molar-refractivity contribution in [1.82, 2.24) is 47.4 Å². The molecule has 2 aliphatic carbocycles. The molecule has 1 fully saturated rings. The minimum Gasteiger partial charge on any atom is -0.351 e. The number of rotatable bonds is 17. The molecule has 0 aromatic heterocycles. The normalized spacial score (nSPS) is 21.0. The first-order chi connectivity index (χ1) is 31.1. The molecule has 3 aliphatic rings. The van der Waals surface area contributed by atoms with Gasteiger partial charge in [0.25, 0.3) is 0 Å². The molecule has 2 aromatic carbocycles. The number of benzene rings is 2. The summed E-state index contributed by atoms with van der Waals surface area (Å²) in [6, 6.07) is 9.54. The Morgan fingerprint density at radius 3 is 1.62 bits per heavy atom. The predicted octanol–water partition coefficient (Wildman–Crippen LogP) is 3.85. The van der Waals surface area contributed by atoms with E-state index < -0.39 is 76.8 Å². The van der Waals surface area contributed by atoms with E-state index >= 15 is 0 Å². The van der Waals surface area contributed by atoms with Crippen molar-refractivity contribution in [1.29, 1.82) is 0 Å². The van der Waals surface area contributed by atoms with Crippen LogP contribution >= 0.6 is 24.8 Å². The molecule has 0 unspecified atom stereocenters. The Labute approximate surface area is 415 Å². The highest BCUT2D eigenvalue weighted by Crippen LogP contribution is 2.32. The number of carbonyl (C=O) groups is 7. The van der Waals surface area contributed by atoms with Gasteiger partial charge in [-0.1, -0.05) is 90.1 Å². The number of likely N-dealkylation sites (tertiary alicyclic amines) is 1. The largest absolute Gasteiger partial charge is 0.351 e. The molecule has 68 heavy (non-hydrogen) atoms. The zero-order valence-corrected chi connectivity index (χ0v) is 43.1. The van der Waals surface area contributed by atoms with Crippen LogP contribution in [0, 0.1) is 10.8 Å². The number of hydrogen-bond donors (Lipinski definition) is 8. The molecule has 2 aromatic rings. The summed E-state index contributed by atoms with van der Waals surface area (Å²) in [5.74, 6) is -2.98. The molecular weight excluding hydrogens is 910 g/mol. The predicted molar refractivity (Wildman–Crippen MR) is 268 cm³/mol. The minimum atomic E-state index is -1.14. The smallest absolute Gasteiger partial charge is 0.246 e. The third-order valence-corrected chi connectivity index (χ3v) is 13.4. The molecule has 1 aliphatic heterocycles. The van der Waals surface area contributed by atoms with E-state index in [4.69, 9.17) is 0 Å². The first kappa shape index (κ1) is 57.5. The summed E-state index contributed by atoms with van der Waals surface area (Å²) in [6.07, 6.45) is 4.89. The van der Waals surface area contributed by atoms with Crippen molar-refractivity contribution in [2.24, 2.45) is 10.8 Å². The highest BCUT2D eigenvalue weighted by Gasteiger charge is 2.46. The first-order valence-corrected chi connectivity index (χ1v) is 23.7. The molecule has 7 amide bonds. The van der Waals surface area contributed by atoms with Gasteiger partial charge in [0, 0.05) is 19.0 Å². The Hall–Kier alpha value is -4.77. The van der Waals surface area contributed by atoms with Crippen LogP contribution in [0.1, 0.15) is 135 Å². The topological polar surface area (TPSA) is 219 Å². The molecule has 0 spiro atoms. The van der Waals surface area contributed by atoms with Crippen LogP contribution in [0.4, 0.5) is 0 Å². The quantitative estimate of drug-likeness (QED) is 0.115. The van der Waals surface area contributed by atoms with Crippen LogP contribution in [0.3, 0.4) is 0 Å². The van der Waals surface area contributed by atoms with Gasteiger partial charge < -0.3 is 47.4 Å². The number of nitrogens with zero attached hydrogens (tertiary/aromatic N) is 1. The van der Waals surface area contributed by atoms with E-state index in [0.29, 0.717) is 6.42 Å². The highest BCUT2D eigenvalue weighted by molar-refractivity contribution is 5.95. The summed E-state index contributed by atoms with van der Waals surface area (Å²) in [5, 5.41) is 23.8. The van der Waals surface area contributed by atoms with Crippen LogP contribution in [0.15, 0.2) is 48.5 Å². The second-order valence-corrected chi connectivity index (χ2v) is 20.5. The Kier molecular flexibility index (Phi) is 21.3. The van der Waals surface area contributed by atoms with Gasteiger partial charge >= 0.3 is 0 Å². The van der Waals surface area contributed by atoms with Crippen molar-refractivity contribution in [3.8, 4) is 0 Å². The highest BCUT2D eigenvalue weighted by atomic mass is 35.5. The zero-order chi connectivity index (χ0) is 48.5. The number of carbonyl (C=O) groups excluding carboxylic acids is 7. The van der Waals surface area contributed by atoms with Crippen LogP contribution < -0.4 is 42.5 Å². The molecule has 16 nitrogen and oxygen atoms in total. The average Bonchev–Trinajstić information content (AvgIpc) is 3.70. The fourth-order valence-corrected chi connectivity index (χ4v) is 9.17. The lowest BCUT2D eigenvalue weighted by Crippen LogP contribution is -2.60. The number of halogens is 2. The van der Waals surface area contributed by atoms with Gasteiger partial charge in [-0.2, -0.15) is 0 Å². The van der Waals surface area contributed by atoms with E-state index in [9.17, 15) is 33.6 Å². The summed E-state index contributed by atoms with van der Waals surface area (Å²) < 4.78 is 0. The molecule has 378 valence electrons. The maximum absolute atomic E-state index is 14.6. The van der Waals surface area contributed by atoms with Gasteiger partial charge in [0.15, 0.2) is 0 Å². The zero-order valence-electron chi connectivity index (χ0n) is 41.5. The van der Waals surface area contributed by atoms with Gasteiger partial charge in [-0.3, -0.25) is 33.6 Å². The molecule has 0 bridgehead atoms.